The molecule has 0 radical (unpaired) electrons. The highest BCUT2D eigenvalue weighted by atomic mass is 19.4. The highest BCUT2D eigenvalue weighted by molar-refractivity contribution is 5.89. The maximum Gasteiger partial charge on any atom is 0.573 e. The lowest BCUT2D eigenvalue weighted by Gasteiger charge is -2.11. The Kier molecular flexibility index (Phi) is 4.91. The zero-order valence-corrected chi connectivity index (χ0v) is 15.8. The molecule has 1 N–H and O–H groups in total. The monoisotopic (exact) mass is 411 g/mol. The molecule has 0 saturated heterocycles. The smallest absolute Gasteiger partial charge is 0.406 e. The number of pyridine rings is 1. The number of carbonyl (C=O) groups is 1. The van der Waals surface area contributed by atoms with Crippen LogP contribution in [0.15, 0.2) is 73.1 Å². The fourth-order valence-electron chi connectivity index (χ4n) is 3.20. The minimum atomic E-state index is -4.75. The molecule has 0 unspecified atom stereocenters. The van der Waals surface area contributed by atoms with Crippen molar-refractivity contribution in [2.24, 2.45) is 0 Å². The summed E-state index contributed by atoms with van der Waals surface area (Å²) in [6, 6.07) is 16.7. The van der Waals surface area contributed by atoms with Crippen LogP contribution in [0.25, 0.3) is 28.0 Å². The number of nitrogens with one attached hydrogen (secondary N) is 1. The minimum Gasteiger partial charge on any atom is -0.406 e. The van der Waals surface area contributed by atoms with Crippen LogP contribution < -0.4 is 10.1 Å². The lowest BCUT2D eigenvalue weighted by molar-refractivity contribution is -0.274. The van der Waals surface area contributed by atoms with Crippen LogP contribution in [0.4, 0.5) is 18.9 Å². The van der Waals surface area contributed by atoms with Crippen molar-refractivity contribution in [1.29, 1.82) is 0 Å². The van der Waals surface area contributed by atoms with E-state index in [4.69, 9.17) is 0 Å². The number of halogens is 3. The summed E-state index contributed by atoms with van der Waals surface area (Å²) in [5.74, 6) is -0.456. The number of nitrogens with zero attached hydrogens (tertiary/aromatic N) is 2. The van der Waals surface area contributed by atoms with Crippen molar-refractivity contribution in [3.8, 4) is 28.1 Å². The van der Waals surface area contributed by atoms with Gasteiger partial charge in [-0.3, -0.25) is 9.20 Å². The first kappa shape index (κ1) is 19.5. The standard InChI is InChI=1S/C22H16F3N3O2/c1-14(29)27-18-6-2-5-16(10-18)20-12-26-21-9-8-17(13-28(20)21)15-4-3-7-19(11-15)30-22(23,24)25/h2-13H,1H3,(H,27,29). The number of fused-ring (bicyclic) bond motifs is 1. The van der Waals surface area contributed by atoms with E-state index >= 15 is 0 Å². The van der Waals surface area contributed by atoms with Crippen molar-refractivity contribution in [3.05, 3.63) is 73.1 Å². The van der Waals surface area contributed by atoms with Crippen LogP contribution in [0.1, 0.15) is 6.92 Å². The average molecular weight is 411 g/mol. The van der Waals surface area contributed by atoms with Crippen molar-refractivity contribution < 1.29 is 22.7 Å². The van der Waals surface area contributed by atoms with E-state index in [-0.39, 0.29) is 11.7 Å². The van der Waals surface area contributed by atoms with Gasteiger partial charge in [-0.05, 0) is 47.5 Å². The van der Waals surface area contributed by atoms with Gasteiger partial charge in [0, 0.05) is 24.4 Å². The summed E-state index contributed by atoms with van der Waals surface area (Å²) in [6.07, 6.45) is -1.25. The quantitative estimate of drug-likeness (QED) is 0.481. The second kappa shape index (κ2) is 7.55. The number of hydrogen-bond donors (Lipinski definition) is 1. The zero-order chi connectivity index (χ0) is 21.3. The number of ether oxygens (including phenoxy) is 1. The Hall–Kier alpha value is -3.81. The Labute approximate surface area is 169 Å². The van der Waals surface area contributed by atoms with Gasteiger partial charge in [0.05, 0.1) is 11.9 Å². The van der Waals surface area contributed by atoms with E-state index in [1.54, 1.807) is 36.7 Å². The molecule has 0 fully saturated rings. The summed E-state index contributed by atoms with van der Waals surface area (Å²) < 4.78 is 43.5. The van der Waals surface area contributed by atoms with Gasteiger partial charge in [-0.25, -0.2) is 4.98 Å². The number of anilines is 1. The average Bonchev–Trinajstić information content (AvgIpc) is 3.10. The van der Waals surface area contributed by atoms with E-state index in [0.29, 0.717) is 22.5 Å². The molecule has 30 heavy (non-hydrogen) atoms. The lowest BCUT2D eigenvalue weighted by Crippen LogP contribution is -2.17. The highest BCUT2D eigenvalue weighted by Gasteiger charge is 2.31. The van der Waals surface area contributed by atoms with E-state index in [1.165, 1.54) is 25.1 Å². The highest BCUT2D eigenvalue weighted by Crippen LogP contribution is 2.30. The zero-order valence-electron chi connectivity index (χ0n) is 15.8. The van der Waals surface area contributed by atoms with Gasteiger partial charge in [-0.1, -0.05) is 24.3 Å². The number of alkyl halides is 3. The van der Waals surface area contributed by atoms with Crippen LogP contribution in [0.3, 0.4) is 0 Å². The fourth-order valence-corrected chi connectivity index (χ4v) is 3.20. The number of amides is 1. The topological polar surface area (TPSA) is 55.6 Å². The van der Waals surface area contributed by atoms with Gasteiger partial charge >= 0.3 is 6.36 Å². The van der Waals surface area contributed by atoms with Crippen LogP contribution in [0.2, 0.25) is 0 Å². The van der Waals surface area contributed by atoms with E-state index in [1.807, 2.05) is 22.6 Å². The van der Waals surface area contributed by atoms with Gasteiger partial charge in [-0.2, -0.15) is 0 Å². The molecule has 0 aliphatic rings. The van der Waals surface area contributed by atoms with Crippen LogP contribution in [-0.4, -0.2) is 21.7 Å². The molecular formula is C22H16F3N3O2. The summed E-state index contributed by atoms with van der Waals surface area (Å²) in [7, 11) is 0. The molecule has 2 aromatic heterocycles. The van der Waals surface area contributed by atoms with Crippen LogP contribution in [0, 0.1) is 0 Å². The maximum atomic E-state index is 12.5. The molecule has 1 amide bonds. The summed E-state index contributed by atoms with van der Waals surface area (Å²) in [4.78, 5) is 15.7. The number of benzene rings is 2. The molecule has 8 heteroatoms. The van der Waals surface area contributed by atoms with Gasteiger partial charge in [0.2, 0.25) is 5.91 Å². The predicted octanol–water partition coefficient (Wildman–Crippen LogP) is 5.53. The van der Waals surface area contributed by atoms with Crippen LogP contribution in [0.5, 0.6) is 5.75 Å². The molecule has 2 heterocycles. The molecule has 0 aliphatic carbocycles. The van der Waals surface area contributed by atoms with E-state index in [9.17, 15) is 18.0 Å². The Bertz CT molecular complexity index is 1230. The second-order valence-corrected chi connectivity index (χ2v) is 6.63. The Morgan fingerprint density at radius 2 is 1.77 bits per heavy atom. The third-order valence-electron chi connectivity index (χ3n) is 4.39. The lowest BCUT2D eigenvalue weighted by atomic mass is 10.1. The molecule has 4 aromatic rings. The van der Waals surface area contributed by atoms with Crippen molar-refractivity contribution in [3.63, 3.8) is 0 Å². The third kappa shape index (κ3) is 4.27. The van der Waals surface area contributed by atoms with E-state index in [0.717, 1.165) is 11.3 Å². The van der Waals surface area contributed by atoms with Crippen molar-refractivity contribution in [1.82, 2.24) is 9.38 Å². The Morgan fingerprint density at radius 1 is 1.00 bits per heavy atom. The Morgan fingerprint density at radius 3 is 2.53 bits per heavy atom. The number of rotatable bonds is 4. The van der Waals surface area contributed by atoms with Crippen LogP contribution >= 0.6 is 0 Å². The molecule has 0 bridgehead atoms. The van der Waals surface area contributed by atoms with Crippen molar-refractivity contribution >= 4 is 17.2 Å². The molecule has 0 aliphatic heterocycles. The molecule has 5 nitrogen and oxygen atoms in total. The molecular weight excluding hydrogens is 395 g/mol. The molecule has 0 spiro atoms. The minimum absolute atomic E-state index is 0.173. The fraction of sp³-hybridized carbons (Fsp3) is 0.0909. The number of imidazole rings is 1. The first-order valence-electron chi connectivity index (χ1n) is 9.00. The van der Waals surface area contributed by atoms with Gasteiger partial charge in [0.1, 0.15) is 11.4 Å². The van der Waals surface area contributed by atoms with Gasteiger partial charge in [0.15, 0.2) is 0 Å². The molecule has 0 atom stereocenters. The molecule has 2 aromatic carbocycles. The summed E-state index contributed by atoms with van der Waals surface area (Å²) >= 11 is 0. The SMILES string of the molecule is CC(=O)Nc1cccc(-c2cnc3ccc(-c4cccc(OC(F)(F)F)c4)cn23)c1. The summed E-state index contributed by atoms with van der Waals surface area (Å²) in [6.45, 7) is 1.43. The maximum absolute atomic E-state index is 12.5. The summed E-state index contributed by atoms with van der Waals surface area (Å²) in [5, 5.41) is 2.74. The van der Waals surface area contributed by atoms with Crippen molar-refractivity contribution in [2.45, 2.75) is 13.3 Å². The Balaban J connectivity index is 1.74. The van der Waals surface area contributed by atoms with E-state index in [2.05, 4.69) is 15.0 Å². The van der Waals surface area contributed by atoms with E-state index < -0.39 is 6.36 Å². The van der Waals surface area contributed by atoms with Crippen molar-refractivity contribution in [2.75, 3.05) is 5.32 Å². The van der Waals surface area contributed by atoms with Crippen LogP contribution in [-0.2, 0) is 4.79 Å². The van der Waals surface area contributed by atoms with Gasteiger partial charge < -0.3 is 10.1 Å². The van der Waals surface area contributed by atoms with Gasteiger partial charge in [-0.15, -0.1) is 13.2 Å². The number of hydrogen-bond acceptors (Lipinski definition) is 3. The predicted molar refractivity (Wildman–Crippen MR) is 107 cm³/mol. The second-order valence-electron chi connectivity index (χ2n) is 6.63. The first-order chi connectivity index (χ1) is 14.3. The first-order valence-corrected chi connectivity index (χ1v) is 9.00. The van der Waals surface area contributed by atoms with Gasteiger partial charge in [0.25, 0.3) is 0 Å². The normalized spacial score (nSPS) is 11.5. The third-order valence-corrected chi connectivity index (χ3v) is 4.39. The largest absolute Gasteiger partial charge is 0.573 e. The summed E-state index contributed by atoms with van der Waals surface area (Å²) in [5.41, 5.74) is 4.23. The molecule has 4 rings (SSSR count). The molecule has 0 saturated carbocycles. The molecule has 152 valence electrons. The number of carbonyl (C=O) groups excluding carboxylic acids is 1. The number of aromatic nitrogens is 2.